The van der Waals surface area contributed by atoms with Crippen LogP contribution in [0, 0.1) is 12.7 Å². The van der Waals surface area contributed by atoms with Gasteiger partial charge in [0.1, 0.15) is 0 Å². The summed E-state index contributed by atoms with van der Waals surface area (Å²) in [6.45, 7) is 5.75. The van der Waals surface area contributed by atoms with Gasteiger partial charge in [0, 0.05) is 10.4 Å². The van der Waals surface area contributed by atoms with Gasteiger partial charge in [0.05, 0.1) is 17.7 Å². The first-order valence-corrected chi connectivity index (χ1v) is 8.05. The number of hydrazone groups is 1. The van der Waals surface area contributed by atoms with Crippen molar-refractivity contribution in [2.75, 3.05) is 7.11 Å². The maximum absolute atomic E-state index is 13.7. The van der Waals surface area contributed by atoms with E-state index in [1.54, 1.807) is 13.0 Å². The third-order valence-corrected chi connectivity index (χ3v) is 4.84. The molecule has 6 heteroatoms. The number of carbonyl (C=O) groups excluding carboxylic acids is 1. The Morgan fingerprint density at radius 1 is 1.39 bits per heavy atom. The lowest BCUT2D eigenvalue weighted by Crippen LogP contribution is -2.18. The minimum Gasteiger partial charge on any atom is -0.494 e. The molecule has 0 saturated carbocycles. The molecule has 1 amide bonds. The van der Waals surface area contributed by atoms with E-state index in [4.69, 9.17) is 4.74 Å². The van der Waals surface area contributed by atoms with Gasteiger partial charge in [0.25, 0.3) is 5.91 Å². The van der Waals surface area contributed by atoms with Crippen molar-refractivity contribution < 1.29 is 13.9 Å². The van der Waals surface area contributed by atoms with Gasteiger partial charge >= 0.3 is 0 Å². The largest absolute Gasteiger partial charge is 0.494 e. The van der Waals surface area contributed by atoms with Gasteiger partial charge in [0.2, 0.25) is 0 Å². The Bertz CT molecular complexity index is 753. The van der Waals surface area contributed by atoms with Crippen LogP contribution in [-0.2, 0) is 6.42 Å². The van der Waals surface area contributed by atoms with E-state index in [1.807, 2.05) is 13.0 Å². The maximum atomic E-state index is 13.7. The molecule has 0 spiro atoms. The fourth-order valence-corrected chi connectivity index (χ4v) is 3.13. The topological polar surface area (TPSA) is 50.7 Å². The van der Waals surface area contributed by atoms with E-state index in [0.717, 1.165) is 12.0 Å². The van der Waals surface area contributed by atoms with Gasteiger partial charge in [-0.15, -0.1) is 11.3 Å². The Kier molecular flexibility index (Phi) is 5.50. The summed E-state index contributed by atoms with van der Waals surface area (Å²) < 4.78 is 18.6. The Balaban J connectivity index is 2.12. The van der Waals surface area contributed by atoms with Crippen molar-refractivity contribution in [3.8, 4) is 5.75 Å². The summed E-state index contributed by atoms with van der Waals surface area (Å²) in [7, 11) is 1.41. The second kappa shape index (κ2) is 7.37. The van der Waals surface area contributed by atoms with E-state index < -0.39 is 5.82 Å². The van der Waals surface area contributed by atoms with Crippen LogP contribution in [0.2, 0.25) is 0 Å². The van der Waals surface area contributed by atoms with Gasteiger partial charge in [-0.1, -0.05) is 6.92 Å². The Hall–Kier alpha value is -2.21. The lowest BCUT2D eigenvalue weighted by atomic mass is 10.1. The van der Waals surface area contributed by atoms with Crippen LogP contribution < -0.4 is 10.2 Å². The lowest BCUT2D eigenvalue weighted by molar-refractivity contribution is 0.0959. The fourth-order valence-electron chi connectivity index (χ4n) is 2.13. The molecule has 23 heavy (non-hydrogen) atoms. The van der Waals surface area contributed by atoms with Gasteiger partial charge in [-0.3, -0.25) is 4.79 Å². The smallest absolute Gasteiger partial charge is 0.281 e. The molecule has 2 aromatic rings. The molecule has 0 saturated heterocycles. The molecule has 1 heterocycles. The number of rotatable bonds is 5. The third kappa shape index (κ3) is 3.96. The molecule has 0 radical (unpaired) electrons. The number of nitrogens with zero attached hydrogens (tertiary/aromatic N) is 1. The van der Waals surface area contributed by atoms with Gasteiger partial charge < -0.3 is 4.74 Å². The van der Waals surface area contributed by atoms with E-state index >= 15 is 0 Å². The second-order valence-corrected chi connectivity index (χ2v) is 6.19. The number of thiophene rings is 1. The third-order valence-electron chi connectivity index (χ3n) is 3.46. The second-order valence-electron chi connectivity index (χ2n) is 5.06. The molecular formula is C17H19FN2O2S. The summed E-state index contributed by atoms with van der Waals surface area (Å²) in [4.78, 5) is 13.9. The average molecular weight is 334 g/mol. The Morgan fingerprint density at radius 3 is 2.70 bits per heavy atom. The molecule has 0 unspecified atom stereocenters. The zero-order valence-corrected chi connectivity index (χ0v) is 14.4. The maximum Gasteiger partial charge on any atom is 0.281 e. The minimum absolute atomic E-state index is 0.173. The Labute approximate surface area is 139 Å². The molecule has 0 aliphatic rings. The van der Waals surface area contributed by atoms with Crippen LogP contribution in [-0.4, -0.2) is 18.7 Å². The standard InChI is InChI=1S/C17H19FN2O2S/c1-5-15-10(2)8-16(23-15)17(21)20-19-11(3)12-6-7-14(22-4)13(18)9-12/h6-9H,5H2,1-4H3,(H,20,21)/b19-11-. The molecule has 122 valence electrons. The molecule has 4 nitrogen and oxygen atoms in total. The zero-order valence-electron chi connectivity index (χ0n) is 13.6. The van der Waals surface area contributed by atoms with Crippen LogP contribution in [0.25, 0.3) is 0 Å². The summed E-state index contributed by atoms with van der Waals surface area (Å²) in [6.07, 6.45) is 0.900. The highest BCUT2D eigenvalue weighted by Gasteiger charge is 2.11. The van der Waals surface area contributed by atoms with Crippen LogP contribution in [0.1, 0.15) is 39.5 Å². The van der Waals surface area contributed by atoms with Crippen molar-refractivity contribution in [2.45, 2.75) is 27.2 Å². The average Bonchev–Trinajstić information content (AvgIpc) is 2.93. The molecule has 0 fully saturated rings. The molecule has 1 aromatic heterocycles. The molecule has 1 N–H and O–H groups in total. The number of ether oxygens (including phenoxy) is 1. The Morgan fingerprint density at radius 2 is 2.13 bits per heavy atom. The van der Waals surface area contributed by atoms with Crippen LogP contribution in [0.4, 0.5) is 4.39 Å². The van der Waals surface area contributed by atoms with Crippen molar-refractivity contribution in [1.29, 1.82) is 0 Å². The molecule has 1 aromatic carbocycles. The zero-order chi connectivity index (χ0) is 17.0. The van der Waals surface area contributed by atoms with Crippen molar-refractivity contribution in [3.05, 3.63) is 51.0 Å². The summed E-state index contributed by atoms with van der Waals surface area (Å²) in [6, 6.07) is 6.41. The predicted molar refractivity (Wildman–Crippen MR) is 91.1 cm³/mol. The first kappa shape index (κ1) is 17.1. The molecule has 2 rings (SSSR count). The van der Waals surface area contributed by atoms with Gasteiger partial charge in [-0.05, 0) is 50.1 Å². The lowest BCUT2D eigenvalue weighted by Gasteiger charge is -2.05. The highest BCUT2D eigenvalue weighted by Crippen LogP contribution is 2.22. The molecule has 0 aliphatic heterocycles. The van der Waals surface area contributed by atoms with Crippen LogP contribution >= 0.6 is 11.3 Å². The monoisotopic (exact) mass is 334 g/mol. The van der Waals surface area contributed by atoms with E-state index in [-0.39, 0.29) is 11.7 Å². The molecule has 0 atom stereocenters. The van der Waals surface area contributed by atoms with Crippen LogP contribution in [0.3, 0.4) is 0 Å². The summed E-state index contributed by atoms with van der Waals surface area (Å²) >= 11 is 1.46. The van der Waals surface area contributed by atoms with Crippen molar-refractivity contribution in [1.82, 2.24) is 5.43 Å². The number of hydrogen-bond donors (Lipinski definition) is 1. The summed E-state index contributed by atoms with van der Waals surface area (Å²) in [5.74, 6) is -0.551. The molecular weight excluding hydrogens is 315 g/mol. The summed E-state index contributed by atoms with van der Waals surface area (Å²) in [5, 5.41) is 4.05. The first-order chi connectivity index (χ1) is 11.0. The van der Waals surface area contributed by atoms with Crippen LogP contribution in [0.15, 0.2) is 29.4 Å². The van der Waals surface area contributed by atoms with E-state index in [9.17, 15) is 9.18 Å². The normalized spacial score (nSPS) is 11.4. The molecule has 0 aliphatic carbocycles. The number of halogens is 1. The number of amides is 1. The van der Waals surface area contributed by atoms with Gasteiger partial charge in [-0.25, -0.2) is 9.82 Å². The summed E-state index contributed by atoms with van der Waals surface area (Å²) in [5.41, 5.74) is 4.73. The fraction of sp³-hybridized carbons (Fsp3) is 0.294. The van der Waals surface area contributed by atoms with Gasteiger partial charge in [-0.2, -0.15) is 5.10 Å². The van der Waals surface area contributed by atoms with Crippen molar-refractivity contribution in [3.63, 3.8) is 0 Å². The molecule has 0 bridgehead atoms. The first-order valence-electron chi connectivity index (χ1n) is 7.24. The van der Waals surface area contributed by atoms with E-state index in [1.165, 1.54) is 35.5 Å². The number of benzene rings is 1. The van der Waals surface area contributed by atoms with E-state index in [0.29, 0.717) is 16.2 Å². The highest BCUT2D eigenvalue weighted by atomic mass is 32.1. The minimum atomic E-state index is -0.465. The van der Waals surface area contributed by atoms with Crippen molar-refractivity contribution in [2.24, 2.45) is 5.10 Å². The number of hydrogen-bond acceptors (Lipinski definition) is 4. The van der Waals surface area contributed by atoms with Crippen LogP contribution in [0.5, 0.6) is 5.75 Å². The quantitative estimate of drug-likeness (QED) is 0.665. The van der Waals surface area contributed by atoms with Crippen molar-refractivity contribution >= 4 is 23.0 Å². The van der Waals surface area contributed by atoms with Gasteiger partial charge in [0.15, 0.2) is 11.6 Å². The highest BCUT2D eigenvalue weighted by molar-refractivity contribution is 7.14. The van der Waals surface area contributed by atoms with E-state index in [2.05, 4.69) is 17.5 Å². The number of nitrogens with one attached hydrogen (secondary N) is 1. The number of aryl methyl sites for hydroxylation is 2. The predicted octanol–water partition coefficient (Wildman–Crippen LogP) is 3.92. The SMILES string of the molecule is CCc1sc(C(=O)N/N=C(/C)c2ccc(OC)c(F)c2)cc1C. The number of methoxy groups -OCH3 is 1. The number of carbonyl (C=O) groups is 1.